The van der Waals surface area contributed by atoms with Gasteiger partial charge in [-0.2, -0.15) is 0 Å². The van der Waals surface area contributed by atoms with Gasteiger partial charge in [0.1, 0.15) is 0 Å². The Labute approximate surface area is 125 Å². The van der Waals surface area contributed by atoms with Gasteiger partial charge < -0.3 is 15.7 Å². The Hall–Kier alpha value is -1.59. The van der Waals surface area contributed by atoms with Crippen LogP contribution < -0.4 is 10.6 Å². The zero-order chi connectivity index (χ0) is 15.8. The van der Waals surface area contributed by atoms with E-state index in [1.54, 1.807) is 0 Å². The Morgan fingerprint density at radius 1 is 1.05 bits per heavy atom. The van der Waals surface area contributed by atoms with Crippen molar-refractivity contribution in [2.75, 3.05) is 13.1 Å². The summed E-state index contributed by atoms with van der Waals surface area (Å²) in [6.07, 6.45) is 3.20. The minimum atomic E-state index is -0.896. The lowest BCUT2D eigenvalue weighted by Gasteiger charge is -2.15. The number of hydrogen-bond acceptors (Lipinski definition) is 3. The Balaban J connectivity index is 2.40. The van der Waals surface area contributed by atoms with Gasteiger partial charge in [-0.25, -0.2) is 0 Å². The van der Waals surface area contributed by atoms with Crippen LogP contribution in [0.3, 0.4) is 0 Å². The highest BCUT2D eigenvalue weighted by molar-refractivity contribution is 5.85. The minimum absolute atomic E-state index is 0.0928. The number of carboxylic acid groups (broad SMARTS) is 1. The van der Waals surface area contributed by atoms with E-state index >= 15 is 0 Å². The van der Waals surface area contributed by atoms with Gasteiger partial charge in [-0.05, 0) is 25.2 Å². The van der Waals surface area contributed by atoms with Crippen molar-refractivity contribution in [1.82, 2.24) is 10.6 Å². The Morgan fingerprint density at radius 3 is 2.29 bits per heavy atom. The maximum absolute atomic E-state index is 12.1. The Kier molecular flexibility index (Phi) is 7.19. The van der Waals surface area contributed by atoms with Crippen LogP contribution in [0.4, 0.5) is 0 Å². The van der Waals surface area contributed by atoms with Gasteiger partial charge in [0.2, 0.25) is 11.8 Å². The van der Waals surface area contributed by atoms with Gasteiger partial charge in [-0.15, -0.1) is 0 Å². The van der Waals surface area contributed by atoms with E-state index in [-0.39, 0.29) is 24.8 Å². The van der Waals surface area contributed by atoms with E-state index in [9.17, 15) is 19.5 Å². The van der Waals surface area contributed by atoms with Crippen LogP contribution in [-0.4, -0.2) is 36.0 Å². The van der Waals surface area contributed by atoms with Crippen molar-refractivity contribution in [3.63, 3.8) is 0 Å². The summed E-state index contributed by atoms with van der Waals surface area (Å²) in [5.41, 5.74) is 0. The van der Waals surface area contributed by atoms with Crippen molar-refractivity contribution in [3.8, 4) is 0 Å². The van der Waals surface area contributed by atoms with E-state index in [2.05, 4.69) is 10.6 Å². The highest BCUT2D eigenvalue weighted by atomic mass is 16.4. The van der Waals surface area contributed by atoms with Crippen LogP contribution in [0.5, 0.6) is 0 Å². The highest BCUT2D eigenvalue weighted by Gasteiger charge is 2.41. The smallest absolute Gasteiger partial charge is 0.307 e. The molecule has 1 aliphatic rings. The molecule has 0 heterocycles. The average molecular weight is 298 g/mol. The summed E-state index contributed by atoms with van der Waals surface area (Å²) >= 11 is 0. The predicted molar refractivity (Wildman–Crippen MR) is 78.6 cm³/mol. The summed E-state index contributed by atoms with van der Waals surface area (Å²) < 4.78 is 0. The lowest BCUT2D eigenvalue weighted by Crippen LogP contribution is -2.37. The van der Waals surface area contributed by atoms with Gasteiger partial charge in [-0.3, -0.25) is 14.4 Å². The molecule has 0 aliphatic heterocycles. The third kappa shape index (κ3) is 5.36. The van der Waals surface area contributed by atoms with Gasteiger partial charge in [-0.1, -0.05) is 20.3 Å². The molecule has 0 radical (unpaired) electrons. The number of aliphatic carboxylic acids is 1. The SMILES string of the molecule is CCCNC(=O)CCNC(=O)[C@H]1CC(CC)C[C@H]1C(=O)O. The molecule has 3 atom stereocenters. The normalized spacial score (nSPS) is 24.6. The molecule has 0 aromatic rings. The number of nitrogens with one attached hydrogen (secondary N) is 2. The van der Waals surface area contributed by atoms with E-state index in [0.717, 1.165) is 12.8 Å². The van der Waals surface area contributed by atoms with Crippen LogP contribution in [0.15, 0.2) is 0 Å². The molecule has 6 nitrogen and oxygen atoms in total. The number of hydrogen-bond donors (Lipinski definition) is 3. The van der Waals surface area contributed by atoms with Gasteiger partial charge in [0, 0.05) is 19.5 Å². The molecule has 2 amide bonds. The van der Waals surface area contributed by atoms with Crippen molar-refractivity contribution < 1.29 is 19.5 Å². The van der Waals surface area contributed by atoms with Gasteiger partial charge in [0.25, 0.3) is 0 Å². The minimum Gasteiger partial charge on any atom is -0.481 e. The van der Waals surface area contributed by atoms with Crippen LogP contribution in [0.25, 0.3) is 0 Å². The zero-order valence-corrected chi connectivity index (χ0v) is 12.9. The molecule has 0 saturated heterocycles. The molecule has 1 unspecified atom stereocenters. The molecule has 1 saturated carbocycles. The molecule has 120 valence electrons. The first-order valence-corrected chi connectivity index (χ1v) is 7.76. The van der Waals surface area contributed by atoms with Crippen LogP contribution in [0.2, 0.25) is 0 Å². The first kappa shape index (κ1) is 17.5. The maximum Gasteiger partial charge on any atom is 0.307 e. The fraction of sp³-hybridized carbons (Fsp3) is 0.800. The van der Waals surface area contributed by atoms with Crippen molar-refractivity contribution in [2.24, 2.45) is 17.8 Å². The van der Waals surface area contributed by atoms with Crippen molar-refractivity contribution in [3.05, 3.63) is 0 Å². The van der Waals surface area contributed by atoms with E-state index in [1.165, 1.54) is 0 Å². The summed E-state index contributed by atoms with van der Waals surface area (Å²) in [6, 6.07) is 0. The zero-order valence-electron chi connectivity index (χ0n) is 12.9. The van der Waals surface area contributed by atoms with Crippen LogP contribution in [-0.2, 0) is 14.4 Å². The first-order chi connectivity index (χ1) is 9.99. The predicted octanol–water partition coefficient (Wildman–Crippen LogP) is 1.16. The third-order valence-corrected chi connectivity index (χ3v) is 4.12. The van der Waals surface area contributed by atoms with Gasteiger partial charge in [0.15, 0.2) is 0 Å². The second-order valence-electron chi connectivity index (χ2n) is 5.69. The third-order valence-electron chi connectivity index (χ3n) is 4.12. The van der Waals surface area contributed by atoms with E-state index < -0.39 is 17.8 Å². The quantitative estimate of drug-likeness (QED) is 0.626. The standard InChI is InChI=1S/C15H26N2O4/c1-3-6-16-13(18)5-7-17-14(19)11-8-10(4-2)9-12(11)15(20)21/h10-12H,3-9H2,1-2H3,(H,16,18)(H,17,19)(H,20,21)/t10?,11-,12+/m0/s1. The molecular weight excluding hydrogens is 272 g/mol. The average Bonchev–Trinajstić information content (AvgIpc) is 2.89. The van der Waals surface area contributed by atoms with Crippen LogP contribution >= 0.6 is 0 Å². The number of carbonyl (C=O) groups excluding carboxylic acids is 2. The first-order valence-electron chi connectivity index (χ1n) is 7.76. The summed E-state index contributed by atoms with van der Waals surface area (Å²) in [5, 5.41) is 14.6. The molecule has 21 heavy (non-hydrogen) atoms. The fourth-order valence-corrected chi connectivity index (χ4v) is 2.82. The second kappa shape index (κ2) is 8.64. The number of amides is 2. The van der Waals surface area contributed by atoms with E-state index in [0.29, 0.717) is 25.3 Å². The fourth-order valence-electron chi connectivity index (χ4n) is 2.82. The van der Waals surface area contributed by atoms with E-state index in [4.69, 9.17) is 0 Å². The second-order valence-corrected chi connectivity index (χ2v) is 5.69. The molecule has 0 aromatic carbocycles. The number of rotatable bonds is 8. The Bertz CT molecular complexity index is 384. The molecule has 0 aromatic heterocycles. The van der Waals surface area contributed by atoms with Crippen molar-refractivity contribution in [2.45, 2.75) is 46.0 Å². The lowest BCUT2D eigenvalue weighted by molar-refractivity contribution is -0.146. The number of carbonyl (C=O) groups is 3. The van der Waals surface area contributed by atoms with Crippen LogP contribution in [0.1, 0.15) is 46.0 Å². The van der Waals surface area contributed by atoms with Crippen LogP contribution in [0, 0.1) is 17.8 Å². The molecule has 1 fully saturated rings. The van der Waals surface area contributed by atoms with Crippen molar-refractivity contribution >= 4 is 17.8 Å². The molecule has 0 spiro atoms. The molecule has 0 bridgehead atoms. The maximum atomic E-state index is 12.1. The summed E-state index contributed by atoms with van der Waals surface area (Å²) in [7, 11) is 0. The van der Waals surface area contributed by atoms with Gasteiger partial charge >= 0.3 is 5.97 Å². The van der Waals surface area contributed by atoms with E-state index in [1.807, 2.05) is 13.8 Å². The monoisotopic (exact) mass is 298 g/mol. The largest absolute Gasteiger partial charge is 0.481 e. The molecular formula is C15H26N2O4. The molecule has 3 N–H and O–H groups in total. The number of carboxylic acids is 1. The summed E-state index contributed by atoms with van der Waals surface area (Å²) in [4.78, 5) is 34.8. The molecule has 1 aliphatic carbocycles. The summed E-state index contributed by atoms with van der Waals surface area (Å²) in [5.74, 6) is -1.98. The lowest BCUT2D eigenvalue weighted by atomic mass is 9.95. The molecule has 1 rings (SSSR count). The topological polar surface area (TPSA) is 95.5 Å². The Morgan fingerprint density at radius 2 is 1.71 bits per heavy atom. The summed E-state index contributed by atoms with van der Waals surface area (Å²) in [6.45, 7) is 4.88. The molecule has 6 heteroatoms. The van der Waals surface area contributed by atoms with Crippen molar-refractivity contribution in [1.29, 1.82) is 0 Å². The highest BCUT2D eigenvalue weighted by Crippen LogP contribution is 2.38. The van der Waals surface area contributed by atoms with Gasteiger partial charge in [0.05, 0.1) is 11.8 Å².